The van der Waals surface area contributed by atoms with Gasteiger partial charge in [0.2, 0.25) is 0 Å². The number of rotatable bonds is 1. The van der Waals surface area contributed by atoms with E-state index in [-0.39, 0.29) is 0 Å². The van der Waals surface area contributed by atoms with Crippen LogP contribution in [-0.4, -0.2) is 15.0 Å². The van der Waals surface area contributed by atoms with Crippen molar-refractivity contribution in [3.8, 4) is 0 Å². The summed E-state index contributed by atoms with van der Waals surface area (Å²) in [5.74, 6) is 0. The molecule has 1 saturated heterocycles. The molecule has 1 aliphatic heterocycles. The van der Waals surface area contributed by atoms with Crippen molar-refractivity contribution in [1.29, 1.82) is 0 Å². The molecule has 2 aromatic carbocycles. The Hall–Kier alpha value is -0.751. The monoisotopic (exact) mass is 320 g/mol. The minimum atomic E-state index is 0.367. The van der Waals surface area contributed by atoms with Gasteiger partial charge in [0.05, 0.1) is 0 Å². The van der Waals surface area contributed by atoms with E-state index in [9.17, 15) is 0 Å². The van der Waals surface area contributed by atoms with E-state index >= 15 is 0 Å². The summed E-state index contributed by atoms with van der Waals surface area (Å²) < 4.78 is 0.367. The van der Waals surface area contributed by atoms with E-state index in [1.54, 1.807) is 11.1 Å². The molecule has 1 heterocycles. The van der Waals surface area contributed by atoms with Gasteiger partial charge in [-0.3, -0.25) is 0 Å². The number of hydrogen-bond donors (Lipinski definition) is 0. The maximum atomic E-state index is 6.01. The van der Waals surface area contributed by atoms with Crippen LogP contribution in [0.3, 0.4) is 0 Å². The molecular weight excluding hydrogens is 307 g/mol. The quantitative estimate of drug-likeness (QED) is 0.696. The molecule has 2 aliphatic rings. The Bertz CT molecular complexity index is 605. The predicted molar refractivity (Wildman–Crippen MR) is 76.5 cm³/mol. The van der Waals surface area contributed by atoms with Gasteiger partial charge in [-0.15, -0.1) is 0 Å². The van der Waals surface area contributed by atoms with Crippen LogP contribution >= 0.6 is 11.6 Å². The van der Waals surface area contributed by atoms with Gasteiger partial charge in [0, 0.05) is 0 Å². The van der Waals surface area contributed by atoms with Gasteiger partial charge in [0.1, 0.15) is 0 Å². The zero-order valence-electron chi connectivity index (χ0n) is 9.90. The molecule has 1 fully saturated rings. The zero-order chi connectivity index (χ0) is 12.2. The van der Waals surface area contributed by atoms with E-state index in [1.165, 1.54) is 18.4 Å². The number of benzene rings is 2. The van der Waals surface area contributed by atoms with Crippen molar-refractivity contribution < 1.29 is 0 Å². The van der Waals surface area contributed by atoms with Crippen LogP contribution in [0.25, 0.3) is 0 Å². The summed E-state index contributed by atoms with van der Waals surface area (Å²) in [4.78, 5) is 0.904. The third-order valence-corrected chi connectivity index (χ3v) is 7.98. The van der Waals surface area contributed by atoms with E-state index in [0.717, 1.165) is 9.84 Å². The predicted octanol–water partition coefficient (Wildman–Crippen LogP) is 4.04. The standard InChI is InChI=1S/C16H13ClSe/c17-13-8-6-12(7-9-13)16-14-4-2-1-3-11(14)5-10-15(16)18-16/h1-4,6-9,15H,5,10H2. The number of fused-ring (bicyclic) bond motifs is 3. The Kier molecular flexibility index (Phi) is 2.39. The summed E-state index contributed by atoms with van der Waals surface area (Å²) in [6.45, 7) is 0. The molecule has 4 rings (SSSR count). The topological polar surface area (TPSA) is 0 Å². The first-order valence-corrected chi connectivity index (χ1v) is 8.55. The third-order valence-electron chi connectivity index (χ3n) is 4.09. The van der Waals surface area contributed by atoms with Gasteiger partial charge in [-0.05, 0) is 0 Å². The van der Waals surface area contributed by atoms with Gasteiger partial charge in [0.15, 0.2) is 0 Å². The Morgan fingerprint density at radius 2 is 1.83 bits per heavy atom. The Labute approximate surface area is 119 Å². The summed E-state index contributed by atoms with van der Waals surface area (Å²) in [6, 6.07) is 17.5. The van der Waals surface area contributed by atoms with Crippen molar-refractivity contribution in [2.45, 2.75) is 22.0 Å². The molecular formula is C16H13ClSe. The SMILES string of the molecule is Clc1ccc(C23[Se]C2CCc2ccccc23)cc1. The van der Waals surface area contributed by atoms with Crippen molar-refractivity contribution in [2.24, 2.45) is 0 Å². The number of hydrogen-bond acceptors (Lipinski definition) is 0. The average molecular weight is 320 g/mol. The van der Waals surface area contributed by atoms with Gasteiger partial charge < -0.3 is 0 Å². The van der Waals surface area contributed by atoms with Crippen molar-refractivity contribution >= 4 is 26.6 Å². The van der Waals surface area contributed by atoms with Crippen molar-refractivity contribution in [2.75, 3.05) is 0 Å². The van der Waals surface area contributed by atoms with Crippen LogP contribution in [0, 0.1) is 0 Å². The number of halogens is 1. The molecule has 0 spiro atoms. The van der Waals surface area contributed by atoms with Crippen LogP contribution in [0.5, 0.6) is 0 Å². The Morgan fingerprint density at radius 1 is 1.06 bits per heavy atom. The second-order valence-corrected chi connectivity index (χ2v) is 8.52. The average Bonchev–Trinajstić information content (AvgIpc) is 3.15. The van der Waals surface area contributed by atoms with Crippen molar-refractivity contribution in [1.82, 2.24) is 0 Å². The van der Waals surface area contributed by atoms with Gasteiger partial charge in [-0.1, -0.05) is 0 Å². The van der Waals surface area contributed by atoms with Gasteiger partial charge in [0.25, 0.3) is 0 Å². The Balaban J connectivity index is 1.89. The maximum absolute atomic E-state index is 6.01. The summed E-state index contributed by atoms with van der Waals surface area (Å²) >= 11 is 6.73. The fraction of sp³-hybridized carbons (Fsp3) is 0.250. The van der Waals surface area contributed by atoms with Crippen LogP contribution in [0.4, 0.5) is 0 Å². The molecule has 2 heteroatoms. The number of aryl methyl sites for hydroxylation is 1. The molecule has 2 atom stereocenters. The first-order chi connectivity index (χ1) is 8.80. The van der Waals surface area contributed by atoms with Crippen LogP contribution < -0.4 is 0 Å². The fourth-order valence-electron chi connectivity index (χ4n) is 3.18. The van der Waals surface area contributed by atoms with E-state index in [1.807, 2.05) is 12.1 Å². The van der Waals surface area contributed by atoms with E-state index < -0.39 is 0 Å². The molecule has 0 amide bonds. The molecule has 0 nitrogen and oxygen atoms in total. The van der Waals surface area contributed by atoms with Crippen molar-refractivity contribution in [3.63, 3.8) is 0 Å². The van der Waals surface area contributed by atoms with Crippen LogP contribution in [0.2, 0.25) is 9.84 Å². The normalized spacial score (nSPS) is 28.4. The first kappa shape index (κ1) is 11.1. The molecule has 90 valence electrons. The molecule has 0 aromatic heterocycles. The minimum absolute atomic E-state index is 0.367. The van der Waals surface area contributed by atoms with Crippen LogP contribution in [0.15, 0.2) is 48.5 Å². The summed E-state index contributed by atoms with van der Waals surface area (Å²) in [7, 11) is 0. The third kappa shape index (κ3) is 1.45. The van der Waals surface area contributed by atoms with Crippen LogP contribution in [-0.2, 0) is 10.7 Å². The molecule has 0 N–H and O–H groups in total. The molecule has 0 bridgehead atoms. The summed E-state index contributed by atoms with van der Waals surface area (Å²) in [5, 5.41) is 0.837. The van der Waals surface area contributed by atoms with Crippen LogP contribution in [0.1, 0.15) is 23.1 Å². The van der Waals surface area contributed by atoms with Gasteiger partial charge in [-0.25, -0.2) is 0 Å². The summed E-state index contributed by atoms with van der Waals surface area (Å²) in [6.07, 6.45) is 2.62. The van der Waals surface area contributed by atoms with Crippen molar-refractivity contribution in [3.05, 3.63) is 70.2 Å². The summed E-state index contributed by atoms with van der Waals surface area (Å²) in [5.41, 5.74) is 4.62. The second-order valence-electron chi connectivity index (χ2n) is 5.04. The van der Waals surface area contributed by atoms with Gasteiger partial charge in [-0.2, -0.15) is 0 Å². The molecule has 18 heavy (non-hydrogen) atoms. The molecule has 1 aliphatic carbocycles. The molecule has 0 saturated carbocycles. The van der Waals surface area contributed by atoms with Gasteiger partial charge >= 0.3 is 119 Å². The Morgan fingerprint density at radius 3 is 2.67 bits per heavy atom. The van der Waals surface area contributed by atoms with E-state index in [0.29, 0.717) is 19.3 Å². The van der Waals surface area contributed by atoms with E-state index in [2.05, 4.69) is 36.4 Å². The first-order valence-electron chi connectivity index (χ1n) is 6.33. The fourth-order valence-corrected chi connectivity index (χ4v) is 6.66. The zero-order valence-corrected chi connectivity index (χ0v) is 12.4. The molecule has 2 unspecified atom stereocenters. The van der Waals surface area contributed by atoms with E-state index in [4.69, 9.17) is 11.6 Å². The molecule has 0 radical (unpaired) electrons. The second kappa shape index (κ2) is 3.87. The molecule has 2 aromatic rings.